The van der Waals surface area contributed by atoms with Crippen molar-refractivity contribution in [2.45, 2.75) is 11.6 Å². The molecule has 0 saturated heterocycles. The molecule has 4 nitrogen and oxygen atoms in total. The van der Waals surface area contributed by atoms with Crippen LogP contribution in [0.15, 0.2) is 71.3 Å². The highest BCUT2D eigenvalue weighted by Crippen LogP contribution is 2.37. The number of nitrogens with zero attached hydrogens (tertiary/aromatic N) is 3. The van der Waals surface area contributed by atoms with E-state index in [4.69, 9.17) is 0 Å². The summed E-state index contributed by atoms with van der Waals surface area (Å²) in [7, 11) is 1.81. The molecule has 7 heteroatoms. The third-order valence-corrected chi connectivity index (χ3v) is 6.37. The maximum atomic E-state index is 13.3. The molecule has 0 bridgehead atoms. The molecule has 0 N–H and O–H groups in total. The Morgan fingerprint density at radius 3 is 2.62 bits per heavy atom. The van der Waals surface area contributed by atoms with Gasteiger partial charge in [-0.3, -0.25) is 4.79 Å². The molecule has 2 aromatic carbocycles. The molecule has 4 rings (SSSR count). The lowest BCUT2D eigenvalue weighted by molar-refractivity contribution is -0.127. The van der Waals surface area contributed by atoms with E-state index < -0.39 is 0 Å². The molecule has 0 fully saturated rings. The van der Waals surface area contributed by atoms with Gasteiger partial charge in [-0.15, -0.1) is 11.3 Å². The second-order valence-electron chi connectivity index (χ2n) is 6.54. The third-order valence-electron chi connectivity index (χ3n) is 4.51. The zero-order valence-electron chi connectivity index (χ0n) is 15.7. The predicted octanol–water partition coefficient (Wildman–Crippen LogP) is 5.25. The summed E-state index contributed by atoms with van der Waals surface area (Å²) in [4.78, 5) is 23.9. The van der Waals surface area contributed by atoms with Gasteiger partial charge in [0.1, 0.15) is 22.0 Å². The number of fused-ring (bicyclic) bond motifs is 1. The lowest BCUT2D eigenvalue weighted by Crippen LogP contribution is -2.27. The minimum atomic E-state index is -0.272. The van der Waals surface area contributed by atoms with Crippen LogP contribution < -0.4 is 0 Å². The Labute approximate surface area is 176 Å². The Kier molecular flexibility index (Phi) is 5.87. The SMILES string of the molecule is CN(Cc1ccccc1)C(=O)CSc1ncnc2scc(-c3ccc(F)cc3)c12. The van der Waals surface area contributed by atoms with Crippen LogP contribution in [0.3, 0.4) is 0 Å². The Bertz CT molecular complexity index is 1130. The van der Waals surface area contributed by atoms with Crippen molar-refractivity contribution in [3.05, 3.63) is 77.7 Å². The van der Waals surface area contributed by atoms with E-state index in [1.165, 1.54) is 41.6 Å². The zero-order valence-corrected chi connectivity index (χ0v) is 17.3. The topological polar surface area (TPSA) is 46.1 Å². The van der Waals surface area contributed by atoms with Gasteiger partial charge in [-0.25, -0.2) is 14.4 Å². The van der Waals surface area contributed by atoms with Crippen LogP contribution in [0.1, 0.15) is 5.56 Å². The Hall–Kier alpha value is -2.77. The lowest BCUT2D eigenvalue weighted by Gasteiger charge is -2.17. The largest absolute Gasteiger partial charge is 0.341 e. The first-order valence-electron chi connectivity index (χ1n) is 9.00. The van der Waals surface area contributed by atoms with Gasteiger partial charge >= 0.3 is 0 Å². The molecule has 146 valence electrons. The number of benzene rings is 2. The van der Waals surface area contributed by atoms with E-state index in [-0.39, 0.29) is 17.5 Å². The third kappa shape index (κ3) is 4.46. The van der Waals surface area contributed by atoms with Crippen molar-refractivity contribution in [1.29, 1.82) is 0 Å². The molecule has 0 aliphatic heterocycles. The van der Waals surface area contributed by atoms with Crippen molar-refractivity contribution in [3.63, 3.8) is 0 Å². The van der Waals surface area contributed by atoms with Gasteiger partial charge in [0.05, 0.1) is 11.1 Å². The van der Waals surface area contributed by atoms with Crippen molar-refractivity contribution >= 4 is 39.2 Å². The first-order chi connectivity index (χ1) is 14.1. The van der Waals surface area contributed by atoms with Crippen LogP contribution in [-0.2, 0) is 11.3 Å². The summed E-state index contributed by atoms with van der Waals surface area (Å²) in [6.45, 7) is 0.568. The molecule has 0 saturated carbocycles. The van der Waals surface area contributed by atoms with E-state index >= 15 is 0 Å². The van der Waals surface area contributed by atoms with Gasteiger partial charge in [0.25, 0.3) is 0 Å². The Morgan fingerprint density at radius 1 is 1.10 bits per heavy atom. The number of carbonyl (C=O) groups is 1. The first-order valence-corrected chi connectivity index (χ1v) is 10.9. The number of hydrogen-bond donors (Lipinski definition) is 0. The molecule has 4 aromatic rings. The van der Waals surface area contributed by atoms with E-state index in [9.17, 15) is 9.18 Å². The second-order valence-corrected chi connectivity index (χ2v) is 8.36. The molecular weight excluding hydrogens is 405 g/mol. The van der Waals surface area contributed by atoms with E-state index in [0.29, 0.717) is 6.54 Å². The fourth-order valence-electron chi connectivity index (χ4n) is 2.98. The minimum absolute atomic E-state index is 0.0316. The standard InChI is InChI=1S/C22H18FN3OS2/c1-26(11-15-5-3-2-4-6-15)19(27)13-29-22-20-18(12-28-21(20)24-14-25-22)16-7-9-17(23)10-8-16/h2-10,12,14H,11,13H2,1H3. The highest BCUT2D eigenvalue weighted by molar-refractivity contribution is 8.00. The molecule has 0 aliphatic carbocycles. The monoisotopic (exact) mass is 423 g/mol. The lowest BCUT2D eigenvalue weighted by atomic mass is 10.1. The van der Waals surface area contributed by atoms with Gasteiger partial charge in [-0.2, -0.15) is 0 Å². The summed E-state index contributed by atoms with van der Waals surface area (Å²) in [6, 6.07) is 16.3. The number of halogens is 1. The number of thioether (sulfide) groups is 1. The van der Waals surface area contributed by atoms with Crippen LogP contribution in [0.2, 0.25) is 0 Å². The molecule has 0 unspecified atom stereocenters. The number of rotatable bonds is 6. The highest BCUT2D eigenvalue weighted by Gasteiger charge is 2.16. The van der Waals surface area contributed by atoms with Crippen LogP contribution in [0.5, 0.6) is 0 Å². The van der Waals surface area contributed by atoms with Crippen LogP contribution in [0, 0.1) is 5.82 Å². The van der Waals surface area contributed by atoms with Gasteiger partial charge in [0.2, 0.25) is 5.91 Å². The van der Waals surface area contributed by atoms with Crippen LogP contribution in [-0.4, -0.2) is 33.6 Å². The summed E-state index contributed by atoms with van der Waals surface area (Å²) < 4.78 is 13.3. The van der Waals surface area contributed by atoms with Crippen molar-refractivity contribution < 1.29 is 9.18 Å². The molecule has 0 atom stereocenters. The molecular formula is C22H18FN3OS2. The molecule has 0 aliphatic rings. The average Bonchev–Trinajstić information content (AvgIpc) is 3.18. The Balaban J connectivity index is 1.53. The van der Waals surface area contributed by atoms with E-state index in [2.05, 4.69) is 9.97 Å². The van der Waals surface area contributed by atoms with E-state index in [1.807, 2.05) is 35.7 Å². The van der Waals surface area contributed by atoms with Crippen molar-refractivity contribution in [1.82, 2.24) is 14.9 Å². The minimum Gasteiger partial charge on any atom is -0.341 e. The summed E-state index contributed by atoms with van der Waals surface area (Å²) >= 11 is 2.92. The summed E-state index contributed by atoms with van der Waals surface area (Å²) in [5, 5.41) is 3.67. The second kappa shape index (κ2) is 8.71. The predicted molar refractivity (Wildman–Crippen MR) is 116 cm³/mol. The maximum absolute atomic E-state index is 13.3. The zero-order chi connectivity index (χ0) is 20.2. The van der Waals surface area contributed by atoms with Crippen molar-refractivity contribution in [3.8, 4) is 11.1 Å². The first kappa shape index (κ1) is 19.5. The molecule has 1 amide bonds. The molecule has 0 spiro atoms. The number of hydrogen-bond acceptors (Lipinski definition) is 5. The van der Waals surface area contributed by atoms with Crippen molar-refractivity contribution in [2.24, 2.45) is 0 Å². The summed E-state index contributed by atoms with van der Waals surface area (Å²) in [5.41, 5.74) is 2.95. The van der Waals surface area contributed by atoms with Gasteiger partial charge in [0, 0.05) is 24.5 Å². The van der Waals surface area contributed by atoms with Crippen LogP contribution in [0.4, 0.5) is 4.39 Å². The molecule has 0 radical (unpaired) electrons. The summed E-state index contributed by atoms with van der Waals surface area (Å²) in [5.74, 6) is 0.0455. The normalized spacial score (nSPS) is 11.0. The van der Waals surface area contributed by atoms with E-state index in [0.717, 1.165) is 31.9 Å². The highest BCUT2D eigenvalue weighted by atomic mass is 32.2. The number of amides is 1. The smallest absolute Gasteiger partial charge is 0.233 e. The van der Waals surface area contributed by atoms with Gasteiger partial charge in [0.15, 0.2) is 0 Å². The summed E-state index contributed by atoms with van der Waals surface area (Å²) in [6.07, 6.45) is 1.52. The van der Waals surface area contributed by atoms with Crippen LogP contribution in [0.25, 0.3) is 21.3 Å². The number of aromatic nitrogens is 2. The van der Waals surface area contributed by atoms with Gasteiger partial charge < -0.3 is 4.90 Å². The van der Waals surface area contributed by atoms with Gasteiger partial charge in [-0.1, -0.05) is 54.2 Å². The van der Waals surface area contributed by atoms with E-state index in [1.54, 1.807) is 24.1 Å². The van der Waals surface area contributed by atoms with Crippen molar-refractivity contribution in [2.75, 3.05) is 12.8 Å². The Morgan fingerprint density at radius 2 is 1.86 bits per heavy atom. The fraction of sp³-hybridized carbons (Fsp3) is 0.136. The number of thiophene rings is 1. The average molecular weight is 424 g/mol. The quantitative estimate of drug-likeness (QED) is 0.314. The molecule has 29 heavy (non-hydrogen) atoms. The fourth-order valence-corrected chi connectivity index (χ4v) is 4.92. The maximum Gasteiger partial charge on any atom is 0.233 e. The van der Waals surface area contributed by atoms with Gasteiger partial charge in [-0.05, 0) is 23.3 Å². The van der Waals surface area contributed by atoms with Crippen LogP contribution >= 0.6 is 23.1 Å². The molecule has 2 aromatic heterocycles. The molecule has 2 heterocycles. The number of carbonyl (C=O) groups excluding carboxylic acids is 1.